The second-order valence-corrected chi connectivity index (χ2v) is 6.68. The molecule has 0 amide bonds. The van der Waals surface area contributed by atoms with Gasteiger partial charge in [0.25, 0.3) is 0 Å². The van der Waals surface area contributed by atoms with Gasteiger partial charge in [-0.1, -0.05) is 13.8 Å². The van der Waals surface area contributed by atoms with E-state index in [4.69, 9.17) is 0 Å². The molecule has 2 rings (SSSR count). The summed E-state index contributed by atoms with van der Waals surface area (Å²) in [6, 6.07) is 0. The number of hydrogen-bond acceptors (Lipinski definition) is 3. The van der Waals surface area contributed by atoms with Crippen LogP contribution in [-0.2, 0) is 24.2 Å². The van der Waals surface area contributed by atoms with Crippen molar-refractivity contribution in [2.45, 2.75) is 59.4 Å². The zero-order valence-corrected chi connectivity index (χ0v) is 14.9. The number of Topliss-reactive ketones (excluding diaryl/α,β-unsaturated/α-hetero) is 1. The van der Waals surface area contributed by atoms with Crippen LogP contribution in [0.1, 0.15) is 51.4 Å². The van der Waals surface area contributed by atoms with E-state index in [2.05, 4.69) is 47.1 Å². The molecule has 1 atom stereocenters. The van der Waals surface area contributed by atoms with Crippen LogP contribution in [0.2, 0.25) is 0 Å². The van der Waals surface area contributed by atoms with Gasteiger partial charge in [0.1, 0.15) is 5.78 Å². The summed E-state index contributed by atoms with van der Waals surface area (Å²) in [7, 11) is 0. The molecule has 1 saturated heterocycles. The quantitative estimate of drug-likeness (QED) is 0.852. The molecule has 0 aliphatic carbocycles. The second kappa shape index (κ2) is 7.05. The van der Waals surface area contributed by atoms with Gasteiger partial charge in [0.05, 0.1) is 22.3 Å². The lowest BCUT2D eigenvalue weighted by atomic mass is 9.73. The van der Waals surface area contributed by atoms with Gasteiger partial charge < -0.3 is 5.32 Å². The highest BCUT2D eigenvalue weighted by molar-refractivity contribution is 9.10. The summed E-state index contributed by atoms with van der Waals surface area (Å²) in [6.07, 6.45) is 4.38. The van der Waals surface area contributed by atoms with Crippen LogP contribution in [0, 0.1) is 5.41 Å². The van der Waals surface area contributed by atoms with E-state index in [1.165, 1.54) is 0 Å². The Morgan fingerprint density at radius 3 is 2.71 bits per heavy atom. The minimum atomic E-state index is -0.188. The standard InChI is InChI=1S/C16H26BrN3O/c1-4-12-15(17)13(20(6-3)19-12)10-14(21)16(5-2)8-7-9-18-11-16/h18H,4-11H2,1-3H3. The molecular weight excluding hydrogens is 330 g/mol. The van der Waals surface area contributed by atoms with E-state index in [9.17, 15) is 4.79 Å². The summed E-state index contributed by atoms with van der Waals surface area (Å²) in [5.74, 6) is 0.357. The van der Waals surface area contributed by atoms with E-state index in [-0.39, 0.29) is 5.41 Å². The van der Waals surface area contributed by atoms with Gasteiger partial charge in [-0.15, -0.1) is 0 Å². The number of carbonyl (C=O) groups excluding carboxylic acids is 1. The number of carbonyl (C=O) groups is 1. The molecule has 0 aromatic carbocycles. The predicted molar refractivity (Wildman–Crippen MR) is 88.5 cm³/mol. The van der Waals surface area contributed by atoms with Gasteiger partial charge in [0.2, 0.25) is 0 Å². The van der Waals surface area contributed by atoms with E-state index in [1.807, 2.05) is 4.68 Å². The maximum atomic E-state index is 12.9. The fourth-order valence-electron chi connectivity index (χ4n) is 3.23. The Morgan fingerprint density at radius 2 is 2.19 bits per heavy atom. The van der Waals surface area contributed by atoms with Crippen molar-refractivity contribution in [3.63, 3.8) is 0 Å². The number of nitrogens with one attached hydrogen (secondary N) is 1. The van der Waals surface area contributed by atoms with Crippen LogP contribution >= 0.6 is 15.9 Å². The molecule has 0 spiro atoms. The number of nitrogens with zero attached hydrogens (tertiary/aromatic N) is 2. The van der Waals surface area contributed by atoms with Gasteiger partial charge in [-0.2, -0.15) is 5.10 Å². The number of aryl methyl sites for hydroxylation is 2. The summed E-state index contributed by atoms with van der Waals surface area (Å²) >= 11 is 3.64. The van der Waals surface area contributed by atoms with Gasteiger partial charge >= 0.3 is 0 Å². The lowest BCUT2D eigenvalue weighted by molar-refractivity contribution is -0.129. The summed E-state index contributed by atoms with van der Waals surface area (Å²) in [6.45, 7) is 8.96. The van der Waals surface area contributed by atoms with Crippen molar-refractivity contribution in [1.82, 2.24) is 15.1 Å². The van der Waals surface area contributed by atoms with Crippen molar-refractivity contribution in [2.24, 2.45) is 5.41 Å². The number of halogens is 1. The Balaban J connectivity index is 2.24. The van der Waals surface area contributed by atoms with Crippen LogP contribution in [0.25, 0.3) is 0 Å². The molecule has 0 bridgehead atoms. The van der Waals surface area contributed by atoms with Gasteiger partial charge in [0, 0.05) is 18.5 Å². The first-order valence-corrected chi connectivity index (χ1v) is 8.85. The number of rotatable bonds is 6. The molecule has 0 radical (unpaired) electrons. The molecule has 1 aromatic rings. The smallest absolute Gasteiger partial charge is 0.146 e. The molecule has 2 heterocycles. The Bertz CT molecular complexity index is 504. The molecule has 5 heteroatoms. The molecule has 1 aromatic heterocycles. The highest BCUT2D eigenvalue weighted by Crippen LogP contribution is 2.33. The highest BCUT2D eigenvalue weighted by atomic mass is 79.9. The summed E-state index contributed by atoms with van der Waals surface area (Å²) < 4.78 is 3.00. The summed E-state index contributed by atoms with van der Waals surface area (Å²) in [5, 5.41) is 7.99. The van der Waals surface area contributed by atoms with Crippen molar-refractivity contribution in [2.75, 3.05) is 13.1 Å². The first-order valence-electron chi connectivity index (χ1n) is 8.06. The summed E-state index contributed by atoms with van der Waals surface area (Å²) in [5.41, 5.74) is 1.90. The molecule has 21 heavy (non-hydrogen) atoms. The Hall–Kier alpha value is -0.680. The Morgan fingerprint density at radius 1 is 1.43 bits per heavy atom. The molecule has 1 fully saturated rings. The van der Waals surface area contributed by atoms with Gasteiger partial charge in [0.15, 0.2) is 0 Å². The summed E-state index contributed by atoms with van der Waals surface area (Å²) in [4.78, 5) is 12.9. The van der Waals surface area contributed by atoms with Gasteiger partial charge in [-0.05, 0) is 55.1 Å². The van der Waals surface area contributed by atoms with Crippen LogP contribution in [-0.4, -0.2) is 28.7 Å². The monoisotopic (exact) mass is 355 g/mol. The maximum Gasteiger partial charge on any atom is 0.146 e. The largest absolute Gasteiger partial charge is 0.316 e. The zero-order valence-electron chi connectivity index (χ0n) is 13.3. The van der Waals surface area contributed by atoms with Crippen LogP contribution in [0.15, 0.2) is 4.47 Å². The van der Waals surface area contributed by atoms with E-state index in [1.54, 1.807) is 0 Å². The molecule has 0 saturated carbocycles. The number of aromatic nitrogens is 2. The fourth-order valence-corrected chi connectivity index (χ4v) is 3.94. The van der Waals surface area contributed by atoms with Crippen LogP contribution in [0.3, 0.4) is 0 Å². The minimum absolute atomic E-state index is 0.188. The SMILES string of the molecule is CCc1nn(CC)c(CC(=O)C2(CC)CCCNC2)c1Br. The number of piperidine rings is 1. The van der Waals surface area contributed by atoms with E-state index >= 15 is 0 Å². The maximum absolute atomic E-state index is 12.9. The number of ketones is 1. The zero-order chi connectivity index (χ0) is 15.5. The third-order valence-corrected chi connectivity index (χ3v) is 5.68. The van der Waals surface area contributed by atoms with Crippen LogP contribution in [0.4, 0.5) is 0 Å². The van der Waals surface area contributed by atoms with Crippen molar-refractivity contribution < 1.29 is 4.79 Å². The lowest BCUT2D eigenvalue weighted by Crippen LogP contribution is -2.46. The molecule has 118 valence electrons. The van der Waals surface area contributed by atoms with Crippen LogP contribution in [0.5, 0.6) is 0 Å². The average molecular weight is 356 g/mol. The molecule has 1 N–H and O–H groups in total. The molecule has 1 aliphatic heterocycles. The second-order valence-electron chi connectivity index (χ2n) is 5.89. The van der Waals surface area contributed by atoms with Crippen molar-refractivity contribution in [3.05, 3.63) is 15.9 Å². The normalized spacial score (nSPS) is 22.5. The third-order valence-electron chi connectivity index (χ3n) is 4.76. The topological polar surface area (TPSA) is 46.9 Å². The van der Waals surface area contributed by atoms with E-state index < -0.39 is 0 Å². The third kappa shape index (κ3) is 3.24. The molecule has 4 nitrogen and oxygen atoms in total. The Labute approximate surface area is 135 Å². The van der Waals surface area contributed by atoms with Crippen molar-refractivity contribution >= 4 is 21.7 Å². The van der Waals surface area contributed by atoms with Gasteiger partial charge in [-0.3, -0.25) is 9.48 Å². The van der Waals surface area contributed by atoms with E-state index in [0.717, 1.165) is 61.2 Å². The molecule has 1 unspecified atom stereocenters. The van der Waals surface area contributed by atoms with Gasteiger partial charge in [-0.25, -0.2) is 0 Å². The first-order chi connectivity index (χ1) is 10.1. The molecule has 1 aliphatic rings. The minimum Gasteiger partial charge on any atom is -0.316 e. The van der Waals surface area contributed by atoms with Crippen LogP contribution < -0.4 is 5.32 Å². The van der Waals surface area contributed by atoms with Crippen molar-refractivity contribution in [1.29, 1.82) is 0 Å². The highest BCUT2D eigenvalue weighted by Gasteiger charge is 2.38. The lowest BCUT2D eigenvalue weighted by Gasteiger charge is -2.35. The Kier molecular flexibility index (Phi) is 5.60. The average Bonchev–Trinajstić information content (AvgIpc) is 2.83. The fraction of sp³-hybridized carbons (Fsp3) is 0.750. The first kappa shape index (κ1) is 16.7. The van der Waals surface area contributed by atoms with E-state index in [0.29, 0.717) is 12.2 Å². The predicted octanol–water partition coefficient (Wildman–Crippen LogP) is 3.12. The molecular formula is C16H26BrN3O. The van der Waals surface area contributed by atoms with Crippen molar-refractivity contribution in [3.8, 4) is 0 Å². The number of hydrogen-bond donors (Lipinski definition) is 1.